The van der Waals surface area contributed by atoms with E-state index in [1.165, 1.54) is 4.68 Å². The van der Waals surface area contributed by atoms with Crippen molar-refractivity contribution in [2.24, 2.45) is 5.10 Å². The molecule has 4 rings (SSSR count). The molecule has 0 spiro atoms. The molecule has 3 heterocycles. The molecular weight excluding hydrogens is 392 g/mol. The van der Waals surface area contributed by atoms with E-state index in [0.717, 1.165) is 5.56 Å². The van der Waals surface area contributed by atoms with Gasteiger partial charge in [0.2, 0.25) is 11.1 Å². The van der Waals surface area contributed by atoms with E-state index in [2.05, 4.69) is 10.1 Å². The Bertz CT molecular complexity index is 1580. The topological polar surface area (TPSA) is 101 Å². The number of rotatable bonds is 2. The number of benzene rings is 1. The molecule has 3 aromatic heterocycles. The summed E-state index contributed by atoms with van der Waals surface area (Å²) in [6, 6.07) is 10.8. The highest BCUT2D eigenvalue weighted by molar-refractivity contribution is 6.02. The molecule has 0 atom stereocenters. The maximum atomic E-state index is 13.1. The molecule has 1 aromatic carbocycles. The molecule has 0 aliphatic rings. The van der Waals surface area contributed by atoms with Crippen LogP contribution >= 0.6 is 0 Å². The molecule has 0 amide bonds. The minimum Gasteiger partial charge on any atom is -0.437 e. The van der Waals surface area contributed by atoms with E-state index in [0.29, 0.717) is 44.6 Å². The fraction of sp³-hybridized carbons (Fsp3) is 0.208. The number of hydrogen-bond acceptors (Lipinski definition) is 6. The van der Waals surface area contributed by atoms with Crippen LogP contribution in [-0.2, 0) is 0 Å². The summed E-state index contributed by atoms with van der Waals surface area (Å²) in [6.45, 7) is 8.91. The van der Waals surface area contributed by atoms with E-state index in [9.17, 15) is 14.9 Å². The van der Waals surface area contributed by atoms with Crippen molar-refractivity contribution < 1.29 is 4.42 Å². The van der Waals surface area contributed by atoms with Crippen molar-refractivity contribution in [2.45, 2.75) is 34.6 Å². The zero-order chi connectivity index (χ0) is 22.4. The first kappa shape index (κ1) is 20.2. The predicted octanol–water partition coefficient (Wildman–Crippen LogP) is 3.88. The lowest BCUT2D eigenvalue weighted by atomic mass is 10.1. The van der Waals surface area contributed by atoms with Crippen LogP contribution in [0.3, 0.4) is 0 Å². The maximum Gasteiger partial charge on any atom is 0.289 e. The second-order valence-corrected chi connectivity index (χ2v) is 7.66. The van der Waals surface area contributed by atoms with Crippen LogP contribution in [0.2, 0.25) is 0 Å². The summed E-state index contributed by atoms with van der Waals surface area (Å²) < 4.78 is 7.06. The van der Waals surface area contributed by atoms with Gasteiger partial charge in [-0.3, -0.25) is 9.59 Å². The number of pyridine rings is 2. The number of nitrogens with zero attached hydrogens (tertiary/aromatic N) is 4. The standard InChI is InChI=1S/C24H20N4O3/c1-12-6-7-21-18(8-12)22(29)19-10-17(15(4)26-23(19)31-21)16(5)27-28-14(3)9-13(2)20(11-25)24(28)30/h6-10H,1-5H3/b27-16+. The zero-order valence-corrected chi connectivity index (χ0v) is 17.9. The van der Waals surface area contributed by atoms with Crippen LogP contribution in [0.1, 0.15) is 40.6 Å². The molecule has 0 N–H and O–H groups in total. The first-order chi connectivity index (χ1) is 14.7. The van der Waals surface area contributed by atoms with Gasteiger partial charge in [0.05, 0.1) is 22.2 Å². The second kappa shape index (κ2) is 7.33. The third-order valence-electron chi connectivity index (χ3n) is 5.32. The summed E-state index contributed by atoms with van der Waals surface area (Å²) in [7, 11) is 0. The van der Waals surface area contributed by atoms with Crippen molar-refractivity contribution in [3.8, 4) is 6.07 Å². The third kappa shape index (κ3) is 3.32. The van der Waals surface area contributed by atoms with E-state index in [1.54, 1.807) is 52.0 Å². The van der Waals surface area contributed by atoms with Crippen LogP contribution in [0, 0.1) is 39.0 Å². The SMILES string of the molecule is C/C(=N\n1c(C)cc(C)c(C#N)c1=O)c1cc2c(=O)c3cc(C)ccc3oc2nc1C. The molecule has 154 valence electrons. The van der Waals surface area contributed by atoms with Crippen molar-refractivity contribution in [2.75, 3.05) is 0 Å². The van der Waals surface area contributed by atoms with Crippen molar-refractivity contribution >= 4 is 27.8 Å². The number of aryl methyl sites for hydroxylation is 4. The fourth-order valence-electron chi connectivity index (χ4n) is 3.70. The summed E-state index contributed by atoms with van der Waals surface area (Å²) in [4.78, 5) is 30.3. The summed E-state index contributed by atoms with van der Waals surface area (Å²) in [5, 5.41) is 14.6. The van der Waals surface area contributed by atoms with Gasteiger partial charge in [-0.05, 0) is 64.4 Å². The first-order valence-corrected chi connectivity index (χ1v) is 9.75. The molecular formula is C24H20N4O3. The molecule has 7 heteroatoms. The van der Waals surface area contributed by atoms with Gasteiger partial charge in [-0.1, -0.05) is 11.6 Å². The summed E-state index contributed by atoms with van der Waals surface area (Å²) in [5.41, 5.74) is 4.05. The van der Waals surface area contributed by atoms with Gasteiger partial charge in [0.25, 0.3) is 5.56 Å². The highest BCUT2D eigenvalue weighted by atomic mass is 16.3. The Hall–Kier alpha value is -4.05. The van der Waals surface area contributed by atoms with Crippen molar-refractivity contribution in [1.29, 1.82) is 5.26 Å². The molecule has 0 bridgehead atoms. The average molecular weight is 412 g/mol. The number of fused-ring (bicyclic) bond motifs is 2. The minimum atomic E-state index is -0.480. The molecule has 0 unspecified atom stereocenters. The van der Waals surface area contributed by atoms with Gasteiger partial charge >= 0.3 is 0 Å². The fourth-order valence-corrected chi connectivity index (χ4v) is 3.70. The highest BCUT2D eigenvalue weighted by Crippen LogP contribution is 2.21. The van der Waals surface area contributed by atoms with E-state index < -0.39 is 5.56 Å². The van der Waals surface area contributed by atoms with Gasteiger partial charge in [0.1, 0.15) is 17.2 Å². The lowest BCUT2D eigenvalue weighted by Gasteiger charge is -2.10. The molecule has 0 radical (unpaired) electrons. The largest absolute Gasteiger partial charge is 0.437 e. The first-order valence-electron chi connectivity index (χ1n) is 9.75. The summed E-state index contributed by atoms with van der Waals surface area (Å²) >= 11 is 0. The predicted molar refractivity (Wildman–Crippen MR) is 120 cm³/mol. The van der Waals surface area contributed by atoms with E-state index in [1.807, 2.05) is 19.1 Å². The van der Waals surface area contributed by atoms with Crippen LogP contribution in [0.5, 0.6) is 0 Å². The monoisotopic (exact) mass is 412 g/mol. The number of hydrogen-bond donors (Lipinski definition) is 0. The van der Waals surface area contributed by atoms with Crippen molar-refractivity contribution in [1.82, 2.24) is 9.66 Å². The molecule has 0 aliphatic carbocycles. The Balaban J connectivity index is 1.96. The Morgan fingerprint density at radius 3 is 2.55 bits per heavy atom. The van der Waals surface area contributed by atoms with Gasteiger partial charge in [0.15, 0.2) is 0 Å². The zero-order valence-electron chi connectivity index (χ0n) is 17.9. The van der Waals surface area contributed by atoms with Gasteiger partial charge in [0, 0.05) is 11.3 Å². The van der Waals surface area contributed by atoms with Crippen molar-refractivity contribution in [3.05, 3.63) is 84.6 Å². The van der Waals surface area contributed by atoms with Gasteiger partial charge < -0.3 is 4.42 Å². The lowest BCUT2D eigenvalue weighted by Crippen LogP contribution is -2.24. The highest BCUT2D eigenvalue weighted by Gasteiger charge is 2.15. The van der Waals surface area contributed by atoms with E-state index in [-0.39, 0.29) is 16.7 Å². The number of nitriles is 1. The van der Waals surface area contributed by atoms with Gasteiger partial charge in [-0.2, -0.15) is 10.4 Å². The van der Waals surface area contributed by atoms with Crippen LogP contribution < -0.4 is 11.0 Å². The quantitative estimate of drug-likeness (QED) is 0.367. The van der Waals surface area contributed by atoms with Gasteiger partial charge in [-0.25, -0.2) is 9.66 Å². The molecule has 0 aliphatic heterocycles. The Morgan fingerprint density at radius 1 is 1.10 bits per heavy atom. The van der Waals surface area contributed by atoms with Crippen molar-refractivity contribution in [3.63, 3.8) is 0 Å². The molecule has 7 nitrogen and oxygen atoms in total. The Kier molecular flexibility index (Phi) is 4.78. The molecule has 0 fully saturated rings. The average Bonchev–Trinajstić information content (AvgIpc) is 2.71. The normalized spacial score (nSPS) is 11.8. The van der Waals surface area contributed by atoms with E-state index in [4.69, 9.17) is 4.42 Å². The second-order valence-electron chi connectivity index (χ2n) is 7.66. The lowest BCUT2D eigenvalue weighted by molar-refractivity contribution is 0.643. The maximum absolute atomic E-state index is 13.1. The van der Waals surface area contributed by atoms with Crippen LogP contribution in [0.25, 0.3) is 22.1 Å². The van der Waals surface area contributed by atoms with E-state index >= 15 is 0 Å². The smallest absolute Gasteiger partial charge is 0.289 e. The molecule has 0 saturated carbocycles. The summed E-state index contributed by atoms with van der Waals surface area (Å²) in [6.07, 6.45) is 0. The molecule has 0 saturated heterocycles. The van der Waals surface area contributed by atoms with Crippen LogP contribution in [0.4, 0.5) is 0 Å². The van der Waals surface area contributed by atoms with Crippen LogP contribution in [0.15, 0.2) is 49.4 Å². The molecule has 31 heavy (non-hydrogen) atoms. The Labute approximate surface area is 177 Å². The molecule has 4 aromatic rings. The van der Waals surface area contributed by atoms with Crippen LogP contribution in [-0.4, -0.2) is 15.4 Å². The minimum absolute atomic E-state index is 0.0537. The van der Waals surface area contributed by atoms with Gasteiger partial charge in [-0.15, -0.1) is 0 Å². The summed E-state index contributed by atoms with van der Waals surface area (Å²) in [5.74, 6) is 0. The number of aromatic nitrogens is 2. The third-order valence-corrected chi connectivity index (χ3v) is 5.32. The Morgan fingerprint density at radius 2 is 1.84 bits per heavy atom.